The number of hydrogen-bond acceptors (Lipinski definition) is 6. The first-order valence-electron chi connectivity index (χ1n) is 9.20. The quantitative estimate of drug-likeness (QED) is 0.718. The minimum atomic E-state index is -0.963. The molecule has 0 aliphatic carbocycles. The summed E-state index contributed by atoms with van der Waals surface area (Å²) in [5.74, 6) is -1.92. The second-order valence-corrected chi connectivity index (χ2v) is 7.83. The van der Waals surface area contributed by atoms with Crippen LogP contribution in [0.4, 0.5) is 9.59 Å². The van der Waals surface area contributed by atoms with Crippen molar-refractivity contribution in [2.45, 2.75) is 77.1 Å². The third-order valence-electron chi connectivity index (χ3n) is 4.50. The van der Waals surface area contributed by atoms with E-state index in [9.17, 15) is 19.2 Å². The summed E-state index contributed by atoms with van der Waals surface area (Å²) in [6, 6.07) is -1.52. The van der Waals surface area contributed by atoms with Gasteiger partial charge in [0.2, 0.25) is 0 Å². The van der Waals surface area contributed by atoms with E-state index < -0.39 is 41.8 Å². The summed E-state index contributed by atoms with van der Waals surface area (Å²) in [6.07, 6.45) is 1.35. The lowest BCUT2D eigenvalue weighted by atomic mass is 10.2. The Labute approximate surface area is 164 Å². The molecule has 160 valence electrons. The zero-order chi connectivity index (χ0) is 21.6. The average molecular weight is 402 g/mol. The molecule has 2 aliphatic rings. The highest BCUT2D eigenvalue weighted by Gasteiger charge is 2.40. The van der Waals surface area contributed by atoms with E-state index in [0.29, 0.717) is 25.8 Å². The summed E-state index contributed by atoms with van der Waals surface area (Å²) in [7, 11) is 1.25. The minimum Gasteiger partial charge on any atom is -0.480 e. The summed E-state index contributed by atoms with van der Waals surface area (Å²) < 4.78 is 9.63. The first kappa shape index (κ1) is 23.5. The number of nitrogens with zero attached hydrogens (tertiary/aromatic N) is 2. The molecule has 2 rings (SSSR count). The Morgan fingerprint density at radius 2 is 1.50 bits per heavy atom. The van der Waals surface area contributed by atoms with E-state index in [1.165, 1.54) is 16.9 Å². The van der Waals surface area contributed by atoms with Crippen molar-refractivity contribution in [1.29, 1.82) is 0 Å². The molecule has 0 aromatic heterocycles. The van der Waals surface area contributed by atoms with Crippen LogP contribution in [0.15, 0.2) is 0 Å². The second kappa shape index (κ2) is 9.61. The number of carboxylic acids is 2. The average Bonchev–Trinajstić information content (AvgIpc) is 3.19. The van der Waals surface area contributed by atoms with Gasteiger partial charge in [-0.05, 0) is 53.4 Å². The van der Waals surface area contributed by atoms with E-state index in [4.69, 9.17) is 14.9 Å². The maximum atomic E-state index is 11.8. The number of carbonyl (C=O) groups excluding carboxylic acids is 2. The zero-order valence-corrected chi connectivity index (χ0v) is 17.0. The highest BCUT2D eigenvalue weighted by molar-refractivity contribution is 5.81. The first-order valence-corrected chi connectivity index (χ1v) is 9.20. The van der Waals surface area contributed by atoms with Gasteiger partial charge in [0.05, 0.1) is 7.11 Å². The number of carboxylic acid groups (broad SMARTS) is 2. The summed E-state index contributed by atoms with van der Waals surface area (Å²) in [5, 5.41) is 17.7. The van der Waals surface area contributed by atoms with Gasteiger partial charge in [0, 0.05) is 12.6 Å². The minimum absolute atomic E-state index is 0.0732. The molecule has 1 unspecified atom stereocenters. The monoisotopic (exact) mass is 402 g/mol. The Morgan fingerprint density at radius 3 is 1.96 bits per heavy atom. The van der Waals surface area contributed by atoms with Crippen LogP contribution >= 0.6 is 0 Å². The van der Waals surface area contributed by atoms with Gasteiger partial charge >= 0.3 is 24.1 Å². The van der Waals surface area contributed by atoms with Crippen molar-refractivity contribution in [2.75, 3.05) is 13.7 Å². The molecule has 0 aromatic carbocycles. The Kier molecular flexibility index (Phi) is 8.07. The summed E-state index contributed by atoms with van der Waals surface area (Å²) >= 11 is 0. The lowest BCUT2D eigenvalue weighted by Crippen LogP contribution is -2.46. The molecule has 10 heteroatoms. The molecular weight excluding hydrogens is 372 g/mol. The van der Waals surface area contributed by atoms with Gasteiger partial charge in [-0.15, -0.1) is 0 Å². The van der Waals surface area contributed by atoms with Crippen LogP contribution in [0.5, 0.6) is 0 Å². The van der Waals surface area contributed by atoms with Crippen molar-refractivity contribution >= 4 is 24.1 Å². The molecule has 0 spiro atoms. The molecule has 2 heterocycles. The van der Waals surface area contributed by atoms with E-state index in [1.807, 2.05) is 6.92 Å². The van der Waals surface area contributed by atoms with Gasteiger partial charge < -0.3 is 19.7 Å². The number of aliphatic carboxylic acids is 2. The first-order chi connectivity index (χ1) is 12.9. The van der Waals surface area contributed by atoms with Crippen molar-refractivity contribution in [1.82, 2.24) is 9.80 Å². The summed E-state index contributed by atoms with van der Waals surface area (Å²) in [4.78, 5) is 46.9. The maximum Gasteiger partial charge on any atom is 0.411 e. The van der Waals surface area contributed by atoms with Crippen LogP contribution < -0.4 is 0 Å². The van der Waals surface area contributed by atoms with Crippen LogP contribution in [-0.4, -0.2) is 81.5 Å². The molecule has 10 nitrogen and oxygen atoms in total. The van der Waals surface area contributed by atoms with Crippen LogP contribution in [0.2, 0.25) is 0 Å². The largest absolute Gasteiger partial charge is 0.480 e. The Hall–Kier alpha value is -2.52. The number of hydrogen-bond donors (Lipinski definition) is 2. The third-order valence-corrected chi connectivity index (χ3v) is 4.50. The van der Waals surface area contributed by atoms with Crippen LogP contribution in [0, 0.1) is 0 Å². The topological polar surface area (TPSA) is 134 Å². The van der Waals surface area contributed by atoms with Crippen molar-refractivity contribution in [2.24, 2.45) is 0 Å². The number of likely N-dealkylation sites (tertiary alicyclic amines) is 2. The Balaban J connectivity index is 0.000000292. The van der Waals surface area contributed by atoms with Crippen molar-refractivity contribution in [3.05, 3.63) is 0 Å². The Morgan fingerprint density at radius 1 is 0.929 bits per heavy atom. The fraction of sp³-hybridized carbons (Fsp3) is 0.778. The summed E-state index contributed by atoms with van der Waals surface area (Å²) in [5.41, 5.74) is -0.595. The number of amides is 2. The molecule has 0 bridgehead atoms. The fourth-order valence-electron chi connectivity index (χ4n) is 3.21. The molecule has 2 N–H and O–H groups in total. The van der Waals surface area contributed by atoms with Crippen LogP contribution in [-0.2, 0) is 19.1 Å². The van der Waals surface area contributed by atoms with E-state index in [0.717, 1.165) is 6.42 Å². The zero-order valence-electron chi connectivity index (χ0n) is 17.0. The van der Waals surface area contributed by atoms with Gasteiger partial charge in [0.1, 0.15) is 17.7 Å². The number of methoxy groups -OCH3 is 1. The number of ether oxygens (including phenoxy) is 2. The van der Waals surface area contributed by atoms with Gasteiger partial charge in [-0.25, -0.2) is 19.2 Å². The predicted octanol–water partition coefficient (Wildman–Crippen LogP) is 2.16. The highest BCUT2D eigenvalue weighted by Crippen LogP contribution is 2.26. The number of carbonyl (C=O) groups is 4. The molecular formula is C18H30N2O8. The van der Waals surface area contributed by atoms with E-state index >= 15 is 0 Å². The van der Waals surface area contributed by atoms with Crippen LogP contribution in [0.3, 0.4) is 0 Å². The van der Waals surface area contributed by atoms with Crippen molar-refractivity contribution < 1.29 is 38.9 Å². The lowest BCUT2D eigenvalue weighted by molar-refractivity contribution is -0.142. The van der Waals surface area contributed by atoms with Crippen LogP contribution in [0.25, 0.3) is 0 Å². The molecule has 28 heavy (non-hydrogen) atoms. The van der Waals surface area contributed by atoms with Gasteiger partial charge in [-0.1, -0.05) is 0 Å². The molecule has 2 amide bonds. The maximum absolute atomic E-state index is 11.8. The molecule has 0 radical (unpaired) electrons. The highest BCUT2D eigenvalue weighted by atomic mass is 16.6. The standard InChI is InChI=1S/C11H19NO4.C7H11NO4/c1-7-5-6-8(9(13)14)12(7)10(15)16-11(2,3)4;1-12-7(11)8-4-2-3-5(8)6(9)10/h7-8H,5-6H2,1-4H3,(H,13,14);5H,2-4H2,1H3,(H,9,10)/t7-,8-;/m0./s1. The molecule has 0 aromatic rings. The van der Waals surface area contributed by atoms with Gasteiger partial charge in [-0.3, -0.25) is 9.80 Å². The van der Waals surface area contributed by atoms with Crippen LogP contribution in [0.1, 0.15) is 53.4 Å². The van der Waals surface area contributed by atoms with E-state index in [2.05, 4.69) is 4.74 Å². The normalized spacial score (nSPS) is 24.2. The summed E-state index contributed by atoms with van der Waals surface area (Å²) in [6.45, 7) is 7.61. The lowest BCUT2D eigenvalue weighted by Gasteiger charge is -2.29. The number of rotatable bonds is 2. The van der Waals surface area contributed by atoms with Gasteiger partial charge in [0.25, 0.3) is 0 Å². The molecule has 0 saturated carbocycles. The predicted molar refractivity (Wildman–Crippen MR) is 98.0 cm³/mol. The molecule has 2 saturated heterocycles. The molecule has 2 fully saturated rings. The van der Waals surface area contributed by atoms with E-state index in [-0.39, 0.29) is 6.04 Å². The van der Waals surface area contributed by atoms with Crippen molar-refractivity contribution in [3.8, 4) is 0 Å². The van der Waals surface area contributed by atoms with Crippen molar-refractivity contribution in [3.63, 3.8) is 0 Å². The van der Waals surface area contributed by atoms with Gasteiger partial charge in [0.15, 0.2) is 0 Å². The Bertz CT molecular complexity index is 601. The molecule has 3 atom stereocenters. The molecule has 2 aliphatic heterocycles. The fourth-order valence-corrected chi connectivity index (χ4v) is 3.21. The van der Waals surface area contributed by atoms with Gasteiger partial charge in [-0.2, -0.15) is 0 Å². The third kappa shape index (κ3) is 6.28. The smallest absolute Gasteiger partial charge is 0.411 e. The SMILES string of the molecule is COC(=O)N1CCCC1C(=O)O.C[C@H]1CC[C@@H](C(=O)O)N1C(=O)OC(C)(C)C. The van der Waals surface area contributed by atoms with E-state index in [1.54, 1.807) is 20.8 Å². The second-order valence-electron chi connectivity index (χ2n) is 7.83.